The molecule has 7 heteroatoms. The van der Waals surface area contributed by atoms with Crippen molar-refractivity contribution in [2.45, 2.75) is 45.4 Å². The maximum absolute atomic E-state index is 14.0. The highest BCUT2D eigenvalue weighted by Crippen LogP contribution is 2.42. The molecular formula is C28H28N4O3. The van der Waals surface area contributed by atoms with Crippen LogP contribution in [0.2, 0.25) is 0 Å². The molecule has 7 nitrogen and oxygen atoms in total. The molecule has 1 saturated carbocycles. The second-order valence-corrected chi connectivity index (χ2v) is 9.42. The number of nitrogens with zero attached hydrogens (tertiary/aromatic N) is 3. The molecule has 35 heavy (non-hydrogen) atoms. The monoisotopic (exact) mass is 468 g/mol. The summed E-state index contributed by atoms with van der Waals surface area (Å²) >= 11 is 0. The average molecular weight is 469 g/mol. The van der Waals surface area contributed by atoms with E-state index in [2.05, 4.69) is 12.0 Å². The van der Waals surface area contributed by atoms with E-state index >= 15 is 0 Å². The van der Waals surface area contributed by atoms with Gasteiger partial charge in [0.05, 0.1) is 12.8 Å². The van der Waals surface area contributed by atoms with E-state index in [0.717, 1.165) is 48.2 Å². The Morgan fingerprint density at radius 1 is 1.09 bits per heavy atom. The van der Waals surface area contributed by atoms with E-state index in [0.29, 0.717) is 39.9 Å². The van der Waals surface area contributed by atoms with E-state index < -0.39 is 0 Å². The van der Waals surface area contributed by atoms with Gasteiger partial charge < -0.3 is 9.15 Å². The molecule has 2 atom stereocenters. The SMILES string of the molecule is CCC1CCC(c2nc3c(-c4ccccc4)c(C)[nH]n3c(=O)c2-c2nc3c(OC)cccc3o2)C1. The van der Waals surface area contributed by atoms with Crippen LogP contribution < -0.4 is 10.3 Å². The highest BCUT2D eigenvalue weighted by molar-refractivity contribution is 5.84. The normalized spacial score (nSPS) is 18.0. The lowest BCUT2D eigenvalue weighted by atomic mass is 9.96. The van der Waals surface area contributed by atoms with Gasteiger partial charge in [-0.15, -0.1) is 0 Å². The number of H-pyrrole nitrogens is 1. The number of oxazole rings is 1. The van der Waals surface area contributed by atoms with Gasteiger partial charge in [-0.25, -0.2) is 14.5 Å². The van der Waals surface area contributed by atoms with Crippen molar-refractivity contribution in [3.63, 3.8) is 0 Å². The van der Waals surface area contributed by atoms with Crippen LogP contribution in [0.5, 0.6) is 5.75 Å². The molecule has 1 fully saturated rings. The molecule has 0 bridgehead atoms. The summed E-state index contributed by atoms with van der Waals surface area (Å²) in [6.07, 6.45) is 4.29. The Morgan fingerprint density at radius 2 is 1.91 bits per heavy atom. The van der Waals surface area contributed by atoms with E-state index in [4.69, 9.17) is 19.1 Å². The molecule has 1 aliphatic carbocycles. The second-order valence-electron chi connectivity index (χ2n) is 9.42. The smallest absolute Gasteiger partial charge is 0.285 e. The Bertz CT molecular complexity index is 1600. The van der Waals surface area contributed by atoms with Crippen LogP contribution in [0.1, 0.15) is 49.9 Å². The number of hydrogen-bond donors (Lipinski definition) is 1. The van der Waals surface area contributed by atoms with E-state index in [1.54, 1.807) is 7.11 Å². The standard InChI is InChI=1S/C28H28N4O3/c1-4-17-13-14-19(15-17)24-23(27-30-25-20(34-3)11-8-12-21(25)35-27)28(33)32-26(29-24)22(16(2)31-32)18-9-6-5-7-10-18/h5-12,17,19,31H,4,13-15H2,1-3H3. The predicted octanol–water partition coefficient (Wildman–Crippen LogP) is 6.11. The van der Waals surface area contributed by atoms with Gasteiger partial charge in [0.2, 0.25) is 5.89 Å². The molecule has 3 heterocycles. The van der Waals surface area contributed by atoms with Crippen LogP contribution in [0.4, 0.5) is 0 Å². The van der Waals surface area contributed by atoms with Gasteiger partial charge in [0.25, 0.3) is 5.56 Å². The minimum atomic E-state index is -0.194. The molecule has 2 unspecified atom stereocenters. The molecule has 0 aliphatic heterocycles. The van der Waals surface area contributed by atoms with Gasteiger partial charge in [0.1, 0.15) is 11.3 Å². The van der Waals surface area contributed by atoms with Gasteiger partial charge in [-0.3, -0.25) is 9.89 Å². The van der Waals surface area contributed by atoms with Crippen molar-refractivity contribution in [2.24, 2.45) is 5.92 Å². The van der Waals surface area contributed by atoms with Crippen molar-refractivity contribution in [3.8, 4) is 28.3 Å². The molecule has 3 aromatic heterocycles. The van der Waals surface area contributed by atoms with Crippen LogP contribution in [-0.2, 0) is 0 Å². The van der Waals surface area contributed by atoms with Crippen LogP contribution in [0.25, 0.3) is 39.3 Å². The van der Waals surface area contributed by atoms with E-state index in [9.17, 15) is 4.79 Å². The average Bonchev–Trinajstić information content (AvgIpc) is 3.60. The first-order valence-electron chi connectivity index (χ1n) is 12.2. The summed E-state index contributed by atoms with van der Waals surface area (Å²) in [4.78, 5) is 23.9. The van der Waals surface area contributed by atoms with Gasteiger partial charge in [-0.05, 0) is 49.8 Å². The Balaban J connectivity index is 1.64. The Labute approximate surface area is 202 Å². The zero-order valence-electron chi connectivity index (χ0n) is 20.2. The summed E-state index contributed by atoms with van der Waals surface area (Å²) in [5.74, 6) is 1.73. The third kappa shape index (κ3) is 3.45. The Morgan fingerprint density at radius 3 is 2.66 bits per heavy atom. The van der Waals surface area contributed by atoms with E-state index in [1.807, 2.05) is 55.5 Å². The molecule has 0 saturated heterocycles. The van der Waals surface area contributed by atoms with Crippen molar-refractivity contribution in [3.05, 3.63) is 70.3 Å². The number of aryl methyl sites for hydroxylation is 1. The van der Waals surface area contributed by atoms with E-state index in [1.165, 1.54) is 4.52 Å². The predicted molar refractivity (Wildman–Crippen MR) is 136 cm³/mol. The summed E-state index contributed by atoms with van der Waals surface area (Å²) in [5.41, 5.74) is 5.72. The van der Waals surface area contributed by atoms with Crippen LogP contribution in [0, 0.1) is 12.8 Å². The summed E-state index contributed by atoms with van der Waals surface area (Å²) in [7, 11) is 1.60. The number of para-hydroxylation sites is 1. The zero-order valence-corrected chi connectivity index (χ0v) is 20.2. The fourth-order valence-corrected chi connectivity index (χ4v) is 5.54. The molecule has 5 aromatic rings. The lowest BCUT2D eigenvalue weighted by molar-refractivity contribution is 0.419. The number of hydrogen-bond acceptors (Lipinski definition) is 5. The van der Waals surface area contributed by atoms with Crippen LogP contribution in [0.3, 0.4) is 0 Å². The first-order chi connectivity index (χ1) is 17.1. The number of benzene rings is 2. The number of aromatic nitrogens is 4. The van der Waals surface area contributed by atoms with Crippen molar-refractivity contribution in [1.29, 1.82) is 0 Å². The highest BCUT2D eigenvalue weighted by atomic mass is 16.5. The lowest BCUT2D eigenvalue weighted by Gasteiger charge is -2.14. The summed E-state index contributed by atoms with van der Waals surface area (Å²) in [6.45, 7) is 4.21. The summed E-state index contributed by atoms with van der Waals surface area (Å²) in [6, 6.07) is 15.6. The lowest BCUT2D eigenvalue weighted by Crippen LogP contribution is -2.21. The first-order valence-corrected chi connectivity index (χ1v) is 12.2. The van der Waals surface area contributed by atoms with Crippen molar-refractivity contribution in [1.82, 2.24) is 19.6 Å². The third-order valence-electron chi connectivity index (χ3n) is 7.37. The Hall–Kier alpha value is -3.87. The Kier molecular flexibility index (Phi) is 5.20. The maximum atomic E-state index is 14.0. The van der Waals surface area contributed by atoms with Gasteiger partial charge in [0, 0.05) is 17.2 Å². The molecule has 0 spiro atoms. The molecule has 178 valence electrons. The van der Waals surface area contributed by atoms with Gasteiger partial charge in [-0.2, -0.15) is 0 Å². The molecule has 0 amide bonds. The van der Waals surface area contributed by atoms with Gasteiger partial charge in [-0.1, -0.05) is 49.7 Å². The molecule has 6 rings (SSSR count). The van der Waals surface area contributed by atoms with Crippen molar-refractivity contribution < 1.29 is 9.15 Å². The fourth-order valence-electron chi connectivity index (χ4n) is 5.54. The molecular weight excluding hydrogens is 440 g/mol. The van der Waals surface area contributed by atoms with Crippen LogP contribution >= 0.6 is 0 Å². The van der Waals surface area contributed by atoms with Crippen LogP contribution in [0.15, 0.2) is 57.7 Å². The molecule has 1 N–H and O–H groups in total. The number of fused-ring (bicyclic) bond motifs is 2. The molecule has 0 radical (unpaired) electrons. The summed E-state index contributed by atoms with van der Waals surface area (Å²) < 4.78 is 13.2. The zero-order chi connectivity index (χ0) is 24.1. The quantitative estimate of drug-likeness (QED) is 0.336. The molecule has 1 aliphatic rings. The van der Waals surface area contributed by atoms with E-state index in [-0.39, 0.29) is 11.5 Å². The number of nitrogens with one attached hydrogen (secondary N) is 1. The second kappa shape index (κ2) is 8.41. The third-order valence-corrected chi connectivity index (χ3v) is 7.37. The molecule has 2 aromatic carbocycles. The number of methoxy groups -OCH3 is 1. The number of ether oxygens (including phenoxy) is 1. The highest BCUT2D eigenvalue weighted by Gasteiger charge is 2.32. The van der Waals surface area contributed by atoms with Gasteiger partial charge >= 0.3 is 0 Å². The summed E-state index contributed by atoms with van der Waals surface area (Å²) in [5, 5.41) is 3.25. The van der Waals surface area contributed by atoms with Crippen LogP contribution in [-0.4, -0.2) is 26.7 Å². The van der Waals surface area contributed by atoms with Gasteiger partial charge in [0.15, 0.2) is 16.7 Å². The minimum absolute atomic E-state index is 0.184. The van der Waals surface area contributed by atoms with Crippen molar-refractivity contribution >= 4 is 16.7 Å². The number of rotatable bonds is 5. The number of aromatic amines is 1. The maximum Gasteiger partial charge on any atom is 0.285 e. The van der Waals surface area contributed by atoms with Crippen molar-refractivity contribution in [2.75, 3.05) is 7.11 Å². The minimum Gasteiger partial charge on any atom is -0.494 e. The first kappa shape index (κ1) is 21.6. The fraction of sp³-hybridized carbons (Fsp3) is 0.321. The topological polar surface area (TPSA) is 85.4 Å². The largest absolute Gasteiger partial charge is 0.494 e.